The number of rotatable bonds is 7. The number of fused-ring (bicyclic) bond motifs is 1. The molecule has 0 amide bonds. The highest BCUT2D eigenvalue weighted by Crippen LogP contribution is 2.37. The fourth-order valence-corrected chi connectivity index (χ4v) is 4.98. The van der Waals surface area contributed by atoms with Gasteiger partial charge in [-0.25, -0.2) is 4.98 Å². The van der Waals surface area contributed by atoms with Gasteiger partial charge in [-0.2, -0.15) is 10.1 Å². The van der Waals surface area contributed by atoms with Crippen molar-refractivity contribution in [3.05, 3.63) is 18.0 Å². The first kappa shape index (κ1) is 21.9. The first-order valence-electron chi connectivity index (χ1n) is 10.9. The number of hydrogen-bond acceptors (Lipinski definition) is 10. The van der Waals surface area contributed by atoms with Crippen LogP contribution in [-0.2, 0) is 6.42 Å². The number of thioether (sulfide) groups is 1. The molecule has 2 N–H and O–H groups in total. The third-order valence-electron chi connectivity index (χ3n) is 5.84. The third-order valence-corrected chi connectivity index (χ3v) is 6.97. The molecule has 0 aromatic carbocycles. The van der Waals surface area contributed by atoms with E-state index in [1.807, 2.05) is 25.1 Å². The van der Waals surface area contributed by atoms with Crippen LogP contribution in [0.1, 0.15) is 19.5 Å². The van der Waals surface area contributed by atoms with Crippen LogP contribution in [0.25, 0.3) is 0 Å². The highest BCUT2D eigenvalue weighted by atomic mass is 32.2. The Morgan fingerprint density at radius 1 is 1.16 bits per heavy atom. The summed E-state index contributed by atoms with van der Waals surface area (Å²) in [6, 6.07) is 2.01. The molecule has 0 bridgehead atoms. The van der Waals surface area contributed by atoms with Crippen molar-refractivity contribution >= 4 is 35.0 Å². The molecule has 10 heteroatoms. The predicted octanol–water partition coefficient (Wildman–Crippen LogP) is 1.74. The van der Waals surface area contributed by atoms with Crippen LogP contribution in [0.3, 0.4) is 0 Å². The van der Waals surface area contributed by atoms with Gasteiger partial charge in [0.1, 0.15) is 5.82 Å². The molecule has 2 aliphatic rings. The van der Waals surface area contributed by atoms with Crippen LogP contribution in [0.2, 0.25) is 0 Å². The Labute approximate surface area is 188 Å². The number of aliphatic hydroxyl groups excluding tert-OH is 1. The second kappa shape index (κ2) is 9.44. The Bertz CT molecular complexity index is 901. The Balaban J connectivity index is 1.52. The lowest BCUT2D eigenvalue weighted by molar-refractivity contribution is 0.249. The van der Waals surface area contributed by atoms with Crippen molar-refractivity contribution in [3.63, 3.8) is 0 Å². The molecule has 2 aromatic rings. The average molecular weight is 445 g/mol. The predicted molar refractivity (Wildman–Crippen MR) is 127 cm³/mol. The van der Waals surface area contributed by atoms with E-state index in [0.717, 1.165) is 72.2 Å². The summed E-state index contributed by atoms with van der Waals surface area (Å²) in [5.74, 6) is 3.88. The SMILES string of the molecule is CC(C)C(CO)Nc1nc(N2CCN(c3ccnnc3N(C)C)CC2)nc2c1SCC2. The van der Waals surface area contributed by atoms with E-state index in [2.05, 4.69) is 39.2 Å². The van der Waals surface area contributed by atoms with E-state index in [1.165, 1.54) is 0 Å². The zero-order chi connectivity index (χ0) is 22.0. The minimum Gasteiger partial charge on any atom is -0.394 e. The summed E-state index contributed by atoms with van der Waals surface area (Å²) >= 11 is 1.80. The summed E-state index contributed by atoms with van der Waals surface area (Å²) < 4.78 is 0. The summed E-state index contributed by atoms with van der Waals surface area (Å²) in [5.41, 5.74) is 2.23. The second-order valence-electron chi connectivity index (χ2n) is 8.53. The summed E-state index contributed by atoms with van der Waals surface area (Å²) in [6.45, 7) is 7.73. The molecule has 0 spiro atoms. The number of aromatic nitrogens is 4. The quantitative estimate of drug-likeness (QED) is 0.658. The van der Waals surface area contributed by atoms with E-state index in [0.29, 0.717) is 5.92 Å². The number of piperazine rings is 1. The van der Waals surface area contributed by atoms with Gasteiger partial charge in [-0.15, -0.1) is 16.9 Å². The maximum atomic E-state index is 9.78. The molecule has 1 atom stereocenters. The summed E-state index contributed by atoms with van der Waals surface area (Å²) in [6.07, 6.45) is 2.71. The standard InChI is InChI=1S/C21H32N8OS/c1-14(2)16(13-30)23-19-18-15(6-12-31-18)24-21(25-19)29-10-8-28(9-11-29)17-5-7-22-26-20(17)27(3)4/h5,7,14,16,30H,6,8-13H2,1-4H3,(H,23,24,25). The maximum absolute atomic E-state index is 9.78. The lowest BCUT2D eigenvalue weighted by Gasteiger charge is -2.37. The molecule has 0 radical (unpaired) electrons. The van der Waals surface area contributed by atoms with Crippen LogP contribution in [0.4, 0.5) is 23.3 Å². The molecule has 4 heterocycles. The molecule has 2 aromatic heterocycles. The van der Waals surface area contributed by atoms with Crippen LogP contribution >= 0.6 is 11.8 Å². The van der Waals surface area contributed by atoms with E-state index in [9.17, 15) is 5.11 Å². The van der Waals surface area contributed by atoms with Crippen LogP contribution in [0.5, 0.6) is 0 Å². The van der Waals surface area contributed by atoms with Crippen molar-refractivity contribution < 1.29 is 5.11 Å². The monoisotopic (exact) mass is 444 g/mol. The van der Waals surface area contributed by atoms with E-state index in [-0.39, 0.29) is 12.6 Å². The van der Waals surface area contributed by atoms with Gasteiger partial charge in [0.05, 0.1) is 35.1 Å². The molecule has 168 valence electrons. The minimum atomic E-state index is -0.0199. The lowest BCUT2D eigenvalue weighted by atomic mass is 10.1. The van der Waals surface area contributed by atoms with Gasteiger partial charge in [0.25, 0.3) is 0 Å². The molecule has 9 nitrogen and oxygen atoms in total. The molecular formula is C21H32N8OS. The van der Waals surface area contributed by atoms with E-state index >= 15 is 0 Å². The zero-order valence-electron chi connectivity index (χ0n) is 18.7. The van der Waals surface area contributed by atoms with Gasteiger partial charge in [-0.1, -0.05) is 13.8 Å². The van der Waals surface area contributed by atoms with Crippen molar-refractivity contribution in [1.82, 2.24) is 20.2 Å². The lowest BCUT2D eigenvalue weighted by Crippen LogP contribution is -2.47. The van der Waals surface area contributed by atoms with Crippen molar-refractivity contribution in [2.24, 2.45) is 5.92 Å². The van der Waals surface area contributed by atoms with E-state index in [4.69, 9.17) is 9.97 Å². The molecule has 1 fully saturated rings. The Hall–Kier alpha value is -2.33. The van der Waals surface area contributed by atoms with E-state index in [1.54, 1.807) is 18.0 Å². The molecule has 1 saturated heterocycles. The maximum Gasteiger partial charge on any atom is 0.227 e. The normalized spacial score (nSPS) is 17.1. The Kier molecular flexibility index (Phi) is 6.66. The number of nitrogens with zero attached hydrogens (tertiary/aromatic N) is 7. The van der Waals surface area contributed by atoms with Gasteiger partial charge in [-0.05, 0) is 12.0 Å². The largest absolute Gasteiger partial charge is 0.394 e. The number of aryl methyl sites for hydroxylation is 1. The van der Waals surface area contributed by atoms with Gasteiger partial charge < -0.3 is 25.1 Å². The number of anilines is 4. The zero-order valence-corrected chi connectivity index (χ0v) is 19.6. The fraction of sp³-hybridized carbons (Fsp3) is 0.619. The van der Waals surface area contributed by atoms with Crippen LogP contribution in [0, 0.1) is 5.92 Å². The highest BCUT2D eigenvalue weighted by Gasteiger charge is 2.27. The smallest absolute Gasteiger partial charge is 0.227 e. The number of hydrogen-bond donors (Lipinski definition) is 2. The second-order valence-corrected chi connectivity index (χ2v) is 9.64. The molecule has 4 rings (SSSR count). The summed E-state index contributed by atoms with van der Waals surface area (Å²) in [4.78, 5) is 17.6. The highest BCUT2D eigenvalue weighted by molar-refractivity contribution is 7.99. The third kappa shape index (κ3) is 4.64. The molecular weight excluding hydrogens is 412 g/mol. The van der Waals surface area contributed by atoms with Crippen molar-refractivity contribution in [3.8, 4) is 0 Å². The first-order chi connectivity index (χ1) is 15.0. The van der Waals surface area contributed by atoms with Gasteiger partial charge in [0, 0.05) is 52.4 Å². The van der Waals surface area contributed by atoms with Crippen LogP contribution in [0.15, 0.2) is 17.2 Å². The number of nitrogens with one attached hydrogen (secondary N) is 1. The Morgan fingerprint density at radius 2 is 1.90 bits per heavy atom. The van der Waals surface area contributed by atoms with Crippen molar-refractivity contribution in [1.29, 1.82) is 0 Å². The topological polar surface area (TPSA) is 93.5 Å². The molecule has 0 saturated carbocycles. The fourth-order valence-electron chi connectivity index (χ4n) is 3.92. The van der Waals surface area contributed by atoms with Crippen LogP contribution < -0.4 is 20.0 Å². The molecule has 0 aliphatic carbocycles. The van der Waals surface area contributed by atoms with Gasteiger partial charge >= 0.3 is 0 Å². The Morgan fingerprint density at radius 3 is 2.58 bits per heavy atom. The average Bonchev–Trinajstić information content (AvgIpc) is 3.26. The number of aliphatic hydroxyl groups is 1. The summed E-state index contributed by atoms with van der Waals surface area (Å²) in [5, 5.41) is 21.6. The van der Waals surface area contributed by atoms with Crippen molar-refractivity contribution in [2.75, 3.05) is 72.7 Å². The molecule has 1 unspecified atom stereocenters. The van der Waals surface area contributed by atoms with Crippen molar-refractivity contribution in [2.45, 2.75) is 31.2 Å². The molecule has 31 heavy (non-hydrogen) atoms. The minimum absolute atomic E-state index is 0.0199. The van der Waals surface area contributed by atoms with Gasteiger partial charge in [0.2, 0.25) is 5.95 Å². The van der Waals surface area contributed by atoms with Gasteiger partial charge in [-0.3, -0.25) is 0 Å². The molecule has 2 aliphatic heterocycles. The first-order valence-corrected chi connectivity index (χ1v) is 11.9. The van der Waals surface area contributed by atoms with Crippen LogP contribution in [-0.4, -0.2) is 83.9 Å². The van der Waals surface area contributed by atoms with E-state index < -0.39 is 0 Å². The van der Waals surface area contributed by atoms with Gasteiger partial charge in [0.15, 0.2) is 5.82 Å². The summed E-state index contributed by atoms with van der Waals surface area (Å²) in [7, 11) is 3.98.